The average molecular weight is 420 g/mol. The molecule has 2 aromatic carbocycles. The molecule has 10 nitrogen and oxygen atoms in total. The minimum Gasteiger partial charge on any atom is -0.497 e. The first-order chi connectivity index (χ1) is 15.1. The third-order valence-corrected chi connectivity index (χ3v) is 4.43. The van der Waals surface area contributed by atoms with E-state index in [1.165, 1.54) is 18.6 Å². The third kappa shape index (κ3) is 4.47. The SMILES string of the molecule is COc1cc(NC(=O)Cn2nc3nc(Nc4ccccc4)ccn3c2=O)cc(OC)c1. The lowest BCUT2D eigenvalue weighted by Crippen LogP contribution is -2.28. The Hall–Kier alpha value is -4.34. The average Bonchev–Trinajstić information content (AvgIpc) is 3.08. The maximum atomic E-state index is 12.6. The number of nitrogens with zero attached hydrogens (tertiary/aromatic N) is 4. The highest BCUT2D eigenvalue weighted by Crippen LogP contribution is 2.25. The van der Waals surface area contributed by atoms with Gasteiger partial charge in [0.25, 0.3) is 5.78 Å². The van der Waals surface area contributed by atoms with Crippen molar-refractivity contribution in [3.63, 3.8) is 0 Å². The van der Waals surface area contributed by atoms with Gasteiger partial charge < -0.3 is 20.1 Å². The minimum absolute atomic E-state index is 0.182. The number of nitrogens with one attached hydrogen (secondary N) is 2. The zero-order valence-corrected chi connectivity index (χ0v) is 16.9. The second kappa shape index (κ2) is 8.57. The van der Waals surface area contributed by atoms with Crippen molar-refractivity contribution >= 4 is 28.9 Å². The first-order valence-corrected chi connectivity index (χ1v) is 9.37. The van der Waals surface area contributed by atoms with Gasteiger partial charge in [-0.2, -0.15) is 4.98 Å². The number of carbonyl (C=O) groups is 1. The summed E-state index contributed by atoms with van der Waals surface area (Å²) in [6.07, 6.45) is 1.56. The van der Waals surface area contributed by atoms with Gasteiger partial charge in [-0.15, -0.1) is 5.10 Å². The maximum absolute atomic E-state index is 12.6. The zero-order chi connectivity index (χ0) is 21.8. The lowest BCUT2D eigenvalue weighted by molar-refractivity contribution is -0.117. The van der Waals surface area contributed by atoms with Crippen LogP contribution in [0.15, 0.2) is 65.6 Å². The highest BCUT2D eigenvalue weighted by Gasteiger charge is 2.13. The van der Waals surface area contributed by atoms with Crippen LogP contribution in [0.3, 0.4) is 0 Å². The van der Waals surface area contributed by atoms with E-state index in [-0.39, 0.29) is 12.3 Å². The van der Waals surface area contributed by atoms with Gasteiger partial charge in [0.2, 0.25) is 5.91 Å². The Labute approximate surface area is 177 Å². The van der Waals surface area contributed by atoms with Gasteiger partial charge in [-0.25, -0.2) is 13.9 Å². The molecule has 0 spiro atoms. The number of ether oxygens (including phenoxy) is 2. The lowest BCUT2D eigenvalue weighted by Gasteiger charge is -2.09. The zero-order valence-electron chi connectivity index (χ0n) is 16.9. The summed E-state index contributed by atoms with van der Waals surface area (Å²) >= 11 is 0. The molecule has 158 valence electrons. The molecular weight excluding hydrogens is 400 g/mol. The van der Waals surface area contributed by atoms with Gasteiger partial charge in [0, 0.05) is 35.8 Å². The van der Waals surface area contributed by atoms with Crippen LogP contribution in [0, 0.1) is 0 Å². The standard InChI is InChI=1S/C21H20N6O4/c1-30-16-10-15(11-17(12-16)31-2)23-19(28)13-27-21(29)26-9-8-18(24-20(26)25-27)22-14-6-4-3-5-7-14/h3-12H,13H2,1-2H3,(H,23,28)(H,22,24,25). The Kier molecular flexibility index (Phi) is 5.52. The number of fused-ring (bicyclic) bond motifs is 1. The first-order valence-electron chi connectivity index (χ1n) is 9.37. The van der Waals surface area contributed by atoms with Crippen LogP contribution in [0.25, 0.3) is 5.78 Å². The van der Waals surface area contributed by atoms with E-state index < -0.39 is 11.6 Å². The van der Waals surface area contributed by atoms with Crippen LogP contribution in [0.1, 0.15) is 0 Å². The second-order valence-corrected chi connectivity index (χ2v) is 6.56. The number of aromatic nitrogens is 4. The van der Waals surface area contributed by atoms with E-state index in [2.05, 4.69) is 20.7 Å². The summed E-state index contributed by atoms with van der Waals surface area (Å²) in [5, 5.41) is 10.0. The number of hydrogen-bond acceptors (Lipinski definition) is 7. The van der Waals surface area contributed by atoms with E-state index in [1.807, 2.05) is 30.3 Å². The number of carbonyl (C=O) groups excluding carboxylic acids is 1. The normalized spacial score (nSPS) is 10.6. The van der Waals surface area contributed by atoms with Gasteiger partial charge in [-0.1, -0.05) is 18.2 Å². The predicted octanol–water partition coefficient (Wildman–Crippen LogP) is 2.29. The maximum Gasteiger partial charge on any atom is 0.352 e. The number of methoxy groups -OCH3 is 2. The second-order valence-electron chi connectivity index (χ2n) is 6.56. The van der Waals surface area contributed by atoms with Crippen molar-refractivity contribution < 1.29 is 14.3 Å². The minimum atomic E-state index is -0.466. The molecule has 0 saturated carbocycles. The molecule has 10 heteroatoms. The smallest absolute Gasteiger partial charge is 0.352 e. The molecule has 0 saturated heterocycles. The van der Waals surface area contributed by atoms with Crippen molar-refractivity contribution in [3.05, 3.63) is 71.3 Å². The van der Waals surface area contributed by atoms with Crippen molar-refractivity contribution in [2.45, 2.75) is 6.54 Å². The summed E-state index contributed by atoms with van der Waals surface area (Å²) in [5.41, 5.74) is 0.867. The number of amides is 1. The molecule has 2 heterocycles. The van der Waals surface area contributed by atoms with Gasteiger partial charge in [0.05, 0.1) is 14.2 Å². The topological polar surface area (TPSA) is 112 Å². The van der Waals surface area contributed by atoms with Gasteiger partial charge in [0.15, 0.2) is 0 Å². The fourth-order valence-corrected chi connectivity index (χ4v) is 2.96. The largest absolute Gasteiger partial charge is 0.497 e. The number of hydrogen-bond donors (Lipinski definition) is 2. The van der Waals surface area contributed by atoms with E-state index in [4.69, 9.17) is 9.47 Å². The quantitative estimate of drug-likeness (QED) is 0.472. The summed E-state index contributed by atoms with van der Waals surface area (Å²) < 4.78 is 12.7. The van der Waals surface area contributed by atoms with Gasteiger partial charge in [-0.05, 0) is 18.2 Å². The number of anilines is 3. The summed E-state index contributed by atoms with van der Waals surface area (Å²) in [5.74, 6) is 1.35. The summed E-state index contributed by atoms with van der Waals surface area (Å²) in [6, 6.07) is 16.2. The predicted molar refractivity (Wildman–Crippen MR) is 115 cm³/mol. The molecule has 1 amide bonds. The van der Waals surface area contributed by atoms with E-state index in [0.29, 0.717) is 23.0 Å². The molecule has 0 radical (unpaired) electrons. The highest BCUT2D eigenvalue weighted by atomic mass is 16.5. The monoisotopic (exact) mass is 420 g/mol. The molecule has 0 atom stereocenters. The first kappa shape index (κ1) is 20.0. The Morgan fingerprint density at radius 2 is 1.71 bits per heavy atom. The van der Waals surface area contributed by atoms with Crippen LogP contribution < -0.4 is 25.8 Å². The summed E-state index contributed by atoms with van der Waals surface area (Å²) in [7, 11) is 3.04. The molecule has 0 aliphatic heterocycles. The van der Waals surface area contributed by atoms with Crippen LogP contribution >= 0.6 is 0 Å². The van der Waals surface area contributed by atoms with Crippen molar-refractivity contribution in [2.75, 3.05) is 24.9 Å². The molecule has 0 fully saturated rings. The van der Waals surface area contributed by atoms with Gasteiger partial charge in [-0.3, -0.25) is 4.79 Å². The van der Waals surface area contributed by atoms with Crippen molar-refractivity contribution in [1.82, 2.24) is 19.2 Å². The van der Waals surface area contributed by atoms with Crippen LogP contribution in [-0.2, 0) is 11.3 Å². The fraction of sp³-hybridized carbons (Fsp3) is 0.143. The van der Waals surface area contributed by atoms with Crippen LogP contribution in [0.2, 0.25) is 0 Å². The Morgan fingerprint density at radius 1 is 1.00 bits per heavy atom. The van der Waals surface area contributed by atoms with E-state index >= 15 is 0 Å². The van der Waals surface area contributed by atoms with Crippen molar-refractivity contribution in [3.8, 4) is 11.5 Å². The third-order valence-electron chi connectivity index (χ3n) is 4.43. The number of para-hydroxylation sites is 1. The van der Waals surface area contributed by atoms with E-state index in [1.54, 1.807) is 30.5 Å². The van der Waals surface area contributed by atoms with Gasteiger partial charge in [0.1, 0.15) is 23.9 Å². The summed E-state index contributed by atoms with van der Waals surface area (Å²) in [6.45, 7) is -0.275. The van der Waals surface area contributed by atoms with Crippen LogP contribution in [0.4, 0.5) is 17.2 Å². The van der Waals surface area contributed by atoms with E-state index in [0.717, 1.165) is 10.4 Å². The fourth-order valence-electron chi connectivity index (χ4n) is 2.96. The lowest BCUT2D eigenvalue weighted by atomic mass is 10.2. The molecule has 0 aliphatic carbocycles. The molecule has 0 bridgehead atoms. The van der Waals surface area contributed by atoms with E-state index in [9.17, 15) is 9.59 Å². The molecule has 2 N–H and O–H groups in total. The van der Waals surface area contributed by atoms with Crippen molar-refractivity contribution in [2.24, 2.45) is 0 Å². The molecule has 4 aromatic rings. The molecule has 4 rings (SSSR count). The molecule has 0 unspecified atom stereocenters. The Morgan fingerprint density at radius 3 is 2.39 bits per heavy atom. The number of benzene rings is 2. The molecular formula is C21H20N6O4. The number of rotatable bonds is 7. The Balaban J connectivity index is 1.52. The van der Waals surface area contributed by atoms with Crippen molar-refractivity contribution in [1.29, 1.82) is 0 Å². The Bertz CT molecular complexity index is 1260. The van der Waals surface area contributed by atoms with Gasteiger partial charge >= 0.3 is 5.69 Å². The molecule has 31 heavy (non-hydrogen) atoms. The van der Waals surface area contributed by atoms with Crippen LogP contribution in [0.5, 0.6) is 11.5 Å². The summed E-state index contributed by atoms with van der Waals surface area (Å²) in [4.78, 5) is 29.4. The van der Waals surface area contributed by atoms with Crippen LogP contribution in [-0.4, -0.2) is 39.3 Å². The molecule has 0 aliphatic rings. The molecule has 2 aromatic heterocycles. The highest BCUT2D eigenvalue weighted by molar-refractivity contribution is 5.91.